The fourth-order valence-electron chi connectivity index (χ4n) is 1.74. The van der Waals surface area contributed by atoms with Gasteiger partial charge in [0, 0.05) is 25.3 Å². The number of methoxy groups -OCH3 is 2. The van der Waals surface area contributed by atoms with Crippen molar-refractivity contribution in [3.05, 3.63) is 23.8 Å². The molecule has 0 aliphatic carbocycles. The maximum absolute atomic E-state index is 8.75. The second-order valence-corrected chi connectivity index (χ2v) is 3.76. The second kappa shape index (κ2) is 7.92. The second-order valence-electron chi connectivity index (χ2n) is 3.76. The first-order valence-electron chi connectivity index (χ1n) is 5.91. The van der Waals surface area contributed by atoms with Crippen LogP contribution in [0, 0.1) is 0 Å². The molecule has 5 nitrogen and oxygen atoms in total. The lowest BCUT2D eigenvalue weighted by Gasteiger charge is -2.20. The Morgan fingerprint density at radius 3 is 2.61 bits per heavy atom. The maximum atomic E-state index is 8.75. The number of benzene rings is 1. The number of aliphatic hydroxyl groups excluding tert-OH is 1. The Morgan fingerprint density at radius 1 is 1.28 bits per heavy atom. The quantitative estimate of drug-likeness (QED) is 0.680. The van der Waals surface area contributed by atoms with Gasteiger partial charge in [0.15, 0.2) is 11.5 Å². The molecule has 0 fully saturated rings. The fraction of sp³-hybridized carbons (Fsp3) is 0.538. The van der Waals surface area contributed by atoms with E-state index in [1.807, 2.05) is 18.2 Å². The average molecular weight is 255 g/mol. The first kappa shape index (κ1) is 14.8. The summed E-state index contributed by atoms with van der Waals surface area (Å²) < 4.78 is 16.2. The summed E-state index contributed by atoms with van der Waals surface area (Å²) in [6, 6.07) is 5.59. The van der Waals surface area contributed by atoms with Gasteiger partial charge in [-0.25, -0.2) is 0 Å². The van der Waals surface area contributed by atoms with E-state index >= 15 is 0 Å². The van der Waals surface area contributed by atoms with Gasteiger partial charge in [-0.15, -0.1) is 0 Å². The Morgan fingerprint density at radius 2 is 2.06 bits per heavy atom. The molecule has 1 aromatic rings. The fourth-order valence-corrected chi connectivity index (χ4v) is 1.74. The van der Waals surface area contributed by atoms with Gasteiger partial charge in [0.05, 0.1) is 20.3 Å². The molecule has 0 saturated carbocycles. The summed E-state index contributed by atoms with van der Waals surface area (Å²) in [5.41, 5.74) is 6.58. The van der Waals surface area contributed by atoms with Gasteiger partial charge >= 0.3 is 0 Å². The molecular formula is C13H21NO4. The third-order valence-corrected chi connectivity index (χ3v) is 2.62. The minimum absolute atomic E-state index is 0.104. The zero-order valence-corrected chi connectivity index (χ0v) is 10.9. The maximum Gasteiger partial charge on any atom is 0.166 e. The summed E-state index contributed by atoms with van der Waals surface area (Å²) >= 11 is 0. The highest BCUT2D eigenvalue weighted by atomic mass is 16.5. The van der Waals surface area contributed by atoms with E-state index in [1.54, 1.807) is 14.2 Å². The number of hydrogen-bond donors (Lipinski definition) is 2. The van der Waals surface area contributed by atoms with Gasteiger partial charge in [0.1, 0.15) is 0 Å². The predicted molar refractivity (Wildman–Crippen MR) is 69.0 cm³/mol. The van der Waals surface area contributed by atoms with E-state index in [9.17, 15) is 0 Å². The summed E-state index contributed by atoms with van der Waals surface area (Å²) in [6.45, 7) is 0.903. The van der Waals surface area contributed by atoms with E-state index < -0.39 is 0 Å². The van der Waals surface area contributed by atoms with Crippen molar-refractivity contribution in [2.75, 3.05) is 34.0 Å². The largest absolute Gasteiger partial charge is 0.493 e. The number of nitrogens with two attached hydrogens (primary N) is 1. The molecule has 0 amide bonds. The smallest absolute Gasteiger partial charge is 0.166 e. The van der Waals surface area contributed by atoms with Crippen LogP contribution in [0.5, 0.6) is 11.5 Å². The Balaban J connectivity index is 2.90. The van der Waals surface area contributed by atoms with Gasteiger partial charge in [-0.05, 0) is 12.5 Å². The topological polar surface area (TPSA) is 73.9 Å². The zero-order valence-electron chi connectivity index (χ0n) is 10.9. The Hall–Kier alpha value is -1.30. The van der Waals surface area contributed by atoms with Crippen LogP contribution in [0.4, 0.5) is 0 Å². The van der Waals surface area contributed by atoms with Crippen LogP contribution < -0.4 is 15.2 Å². The summed E-state index contributed by atoms with van der Waals surface area (Å²) in [5.74, 6) is 1.29. The van der Waals surface area contributed by atoms with Crippen LogP contribution in [-0.4, -0.2) is 39.1 Å². The van der Waals surface area contributed by atoms with E-state index in [0.29, 0.717) is 31.1 Å². The first-order chi connectivity index (χ1) is 8.78. The van der Waals surface area contributed by atoms with E-state index in [4.69, 9.17) is 25.1 Å². The standard InChI is InChI=1S/C13H21NO4/c1-16-11-6-3-5-10(13(11)17-2)12(9-14)18-8-4-7-15/h3,5-6,12,15H,4,7-9,14H2,1-2H3. The molecule has 102 valence electrons. The van der Waals surface area contributed by atoms with E-state index in [0.717, 1.165) is 5.56 Å². The molecule has 1 rings (SSSR count). The van der Waals surface area contributed by atoms with Crippen molar-refractivity contribution in [3.8, 4) is 11.5 Å². The monoisotopic (exact) mass is 255 g/mol. The van der Waals surface area contributed by atoms with E-state index in [1.165, 1.54) is 0 Å². The lowest BCUT2D eigenvalue weighted by Crippen LogP contribution is -2.17. The number of ether oxygens (including phenoxy) is 3. The molecule has 0 bridgehead atoms. The van der Waals surface area contributed by atoms with Crippen LogP contribution in [0.15, 0.2) is 18.2 Å². The van der Waals surface area contributed by atoms with Gasteiger partial charge in [0.25, 0.3) is 0 Å². The molecular weight excluding hydrogens is 234 g/mol. The zero-order chi connectivity index (χ0) is 13.4. The number of hydrogen-bond acceptors (Lipinski definition) is 5. The number of aliphatic hydroxyl groups is 1. The van der Waals surface area contributed by atoms with Crippen LogP contribution >= 0.6 is 0 Å². The summed E-state index contributed by atoms with van der Waals surface area (Å²) in [7, 11) is 3.17. The van der Waals surface area contributed by atoms with Gasteiger partial charge < -0.3 is 25.1 Å². The molecule has 0 radical (unpaired) electrons. The molecule has 3 N–H and O–H groups in total. The average Bonchev–Trinajstić information content (AvgIpc) is 2.42. The van der Waals surface area contributed by atoms with Crippen molar-refractivity contribution >= 4 is 0 Å². The summed E-state index contributed by atoms with van der Waals surface area (Å²) in [4.78, 5) is 0. The van der Waals surface area contributed by atoms with Crippen molar-refractivity contribution in [1.82, 2.24) is 0 Å². The molecule has 0 aromatic heterocycles. The minimum atomic E-state index is -0.262. The molecule has 5 heteroatoms. The lowest BCUT2D eigenvalue weighted by molar-refractivity contribution is 0.0471. The first-order valence-corrected chi connectivity index (χ1v) is 5.91. The van der Waals surface area contributed by atoms with Gasteiger partial charge in [-0.1, -0.05) is 12.1 Å². The van der Waals surface area contributed by atoms with Gasteiger partial charge in [-0.3, -0.25) is 0 Å². The highest BCUT2D eigenvalue weighted by molar-refractivity contribution is 5.47. The molecule has 0 spiro atoms. The molecule has 0 aliphatic heterocycles. The Bertz CT molecular complexity index is 357. The Kier molecular flexibility index (Phi) is 6.49. The van der Waals surface area contributed by atoms with E-state index in [2.05, 4.69) is 0 Å². The van der Waals surface area contributed by atoms with Gasteiger partial charge in [0.2, 0.25) is 0 Å². The van der Waals surface area contributed by atoms with Crippen molar-refractivity contribution in [3.63, 3.8) is 0 Å². The highest BCUT2D eigenvalue weighted by Crippen LogP contribution is 2.35. The van der Waals surface area contributed by atoms with Crippen molar-refractivity contribution in [2.45, 2.75) is 12.5 Å². The van der Waals surface area contributed by atoms with Crippen LogP contribution in [0.25, 0.3) is 0 Å². The molecule has 1 aromatic carbocycles. The van der Waals surface area contributed by atoms with E-state index in [-0.39, 0.29) is 12.7 Å². The molecule has 1 atom stereocenters. The van der Waals surface area contributed by atoms with Crippen LogP contribution in [-0.2, 0) is 4.74 Å². The SMILES string of the molecule is COc1cccc(C(CN)OCCCO)c1OC. The van der Waals surface area contributed by atoms with Crippen LogP contribution in [0.3, 0.4) is 0 Å². The third kappa shape index (κ3) is 3.60. The summed E-state index contributed by atoms with van der Waals surface area (Å²) in [5, 5.41) is 8.75. The third-order valence-electron chi connectivity index (χ3n) is 2.62. The van der Waals surface area contributed by atoms with Crippen molar-refractivity contribution < 1.29 is 19.3 Å². The van der Waals surface area contributed by atoms with Gasteiger partial charge in [-0.2, -0.15) is 0 Å². The predicted octanol–water partition coefficient (Wildman–Crippen LogP) is 1.10. The van der Waals surface area contributed by atoms with Crippen LogP contribution in [0.1, 0.15) is 18.1 Å². The van der Waals surface area contributed by atoms with Crippen molar-refractivity contribution in [1.29, 1.82) is 0 Å². The number of para-hydroxylation sites is 1. The molecule has 0 aliphatic rings. The molecule has 0 heterocycles. The lowest BCUT2D eigenvalue weighted by atomic mass is 10.1. The molecule has 0 saturated heterocycles. The molecule has 18 heavy (non-hydrogen) atoms. The molecule has 1 unspecified atom stereocenters. The summed E-state index contributed by atoms with van der Waals surface area (Å²) in [6.07, 6.45) is 0.324. The highest BCUT2D eigenvalue weighted by Gasteiger charge is 2.18. The van der Waals surface area contributed by atoms with Crippen molar-refractivity contribution in [2.24, 2.45) is 5.73 Å². The Labute approximate surface area is 107 Å². The van der Waals surface area contributed by atoms with Crippen LogP contribution in [0.2, 0.25) is 0 Å². The normalized spacial score (nSPS) is 12.2. The minimum Gasteiger partial charge on any atom is -0.493 e. The number of rotatable bonds is 8.